The predicted octanol–water partition coefficient (Wildman–Crippen LogP) is 15.0. The van der Waals surface area contributed by atoms with Gasteiger partial charge in [0.05, 0.1) is 24.3 Å². The largest absolute Gasteiger partial charge is 0.479 e. The molecule has 15 aromatic rings. The minimum absolute atomic E-state index is 0.136. The number of aliphatic carboxylic acids is 8. The number of aliphatic hydroxyl groups excluding tert-OH is 12. The first-order chi connectivity index (χ1) is 69.6. The van der Waals surface area contributed by atoms with Crippen molar-refractivity contribution in [1.82, 2.24) is 0 Å². The van der Waals surface area contributed by atoms with Crippen molar-refractivity contribution in [2.75, 3.05) is 0 Å². The van der Waals surface area contributed by atoms with Gasteiger partial charge in [-0.25, -0.2) is 38.4 Å². The van der Waals surface area contributed by atoms with Gasteiger partial charge in [-0.3, -0.25) is 0 Å². The average molecular weight is 2100 g/mol. The summed E-state index contributed by atoms with van der Waals surface area (Å²) in [5.41, 5.74) is 11.5. The second-order valence-corrected chi connectivity index (χ2v) is 36.5. The van der Waals surface area contributed by atoms with Crippen LogP contribution in [0, 0.1) is 66.1 Å². The number of hydrogen-bond acceptors (Lipinski definition) is 30. The Morgan fingerprint density at radius 1 is 0.247 bits per heavy atom. The van der Waals surface area contributed by atoms with Gasteiger partial charge in [0.25, 0.3) is 0 Å². The zero-order valence-electron chi connectivity index (χ0n) is 78.7. The lowest BCUT2D eigenvalue weighted by Gasteiger charge is -2.08. The van der Waals surface area contributed by atoms with E-state index in [0.717, 1.165) is 99.1 Å². The fourth-order valence-corrected chi connectivity index (χ4v) is 16.5. The van der Waals surface area contributed by atoms with Crippen molar-refractivity contribution >= 4 is 148 Å². The smallest absolute Gasteiger partial charge is 0.338 e. The van der Waals surface area contributed by atoms with Gasteiger partial charge >= 0.3 is 47.8 Å². The van der Waals surface area contributed by atoms with E-state index < -0.39 is 121 Å². The molecule has 146 heavy (non-hydrogen) atoms. The Labute approximate surface area is 864 Å². The Hall–Kier alpha value is -14.8. The molecule has 38 heteroatoms. The van der Waals surface area contributed by atoms with Crippen LogP contribution in [0.4, 0.5) is 0 Å². The molecule has 0 aliphatic rings. The molecule has 0 fully saturated rings. The van der Waals surface area contributed by atoms with Gasteiger partial charge in [0.15, 0.2) is 54.9 Å². The van der Waals surface area contributed by atoms with Crippen LogP contribution in [0.15, 0.2) is 303 Å². The maximum atomic E-state index is 10.6. The SMILES string of the molecule is Cc1cccc(CC(O)C#N)c1.Cc1cccc(C[C@@H](O)C(=O)O)c1.Cc1cccc(C[C@H](O)C(=O)O)c1.N#CC(O)Cc1cccc2ccccc12.N#CC(O)Cc1ccsc1.N#CC(O)c1cccs1.O=C(O)[C@@H](O)Cc1cccc2ccccc12.O=C(O)[C@@H](O)Cc1ccsc1.O=C(O)[C@@H](O)c1cccs1.O=C(O)[C@H](O)Cc1cccc2ccccc12.O=C(O)[C@H](O)Cc1ccsc1.O=C(O)[C@H](O)c1cccs1. The Balaban J connectivity index is 0.000000333. The lowest BCUT2D eigenvalue weighted by molar-refractivity contribution is -0.147. The number of aliphatic hydroxyl groups is 12. The Kier molecular flexibility index (Phi) is 57.9. The summed E-state index contributed by atoms with van der Waals surface area (Å²) in [6.07, 6.45) is -11.9. The monoisotopic (exact) mass is 2100 g/mol. The number of carboxylic acids is 8. The molecule has 32 nitrogen and oxygen atoms in total. The molecule has 20 N–H and O–H groups in total. The molecule has 15 rings (SSSR count). The Morgan fingerprint density at radius 2 is 0.493 bits per heavy atom. The van der Waals surface area contributed by atoms with E-state index in [1.54, 1.807) is 101 Å². The lowest BCUT2D eigenvalue weighted by Crippen LogP contribution is -2.22. The number of thiophene rings is 6. The molecule has 4 unspecified atom stereocenters. The fourth-order valence-electron chi connectivity index (χ4n) is 12.4. The molecule has 0 amide bonds. The molecular weight excluding hydrogens is 1990 g/mol. The first-order valence-electron chi connectivity index (χ1n) is 43.9. The van der Waals surface area contributed by atoms with Crippen LogP contribution in [0.2, 0.25) is 0 Å². The van der Waals surface area contributed by atoms with Gasteiger partial charge in [-0.2, -0.15) is 55.1 Å². The molecule has 0 aliphatic carbocycles. The van der Waals surface area contributed by atoms with Gasteiger partial charge in [-0.1, -0.05) is 235 Å². The summed E-state index contributed by atoms with van der Waals surface area (Å²) in [6.45, 7) is 5.84. The number of nitriles is 4. The van der Waals surface area contributed by atoms with Gasteiger partial charge < -0.3 is 102 Å². The van der Waals surface area contributed by atoms with Crippen LogP contribution >= 0.6 is 68.0 Å². The van der Waals surface area contributed by atoms with E-state index in [1.165, 1.54) is 56.7 Å². The summed E-state index contributed by atoms with van der Waals surface area (Å²) in [6, 6.07) is 86.1. The number of carbonyl (C=O) groups is 8. The van der Waals surface area contributed by atoms with Crippen molar-refractivity contribution in [2.24, 2.45) is 0 Å². The van der Waals surface area contributed by atoms with Crippen LogP contribution < -0.4 is 0 Å². The van der Waals surface area contributed by atoms with Crippen LogP contribution in [0.25, 0.3) is 32.3 Å². The normalized spacial score (nSPS) is 12.5. The molecule has 6 heterocycles. The number of fused-ring (bicyclic) bond motifs is 3. The maximum Gasteiger partial charge on any atom is 0.338 e. The van der Waals surface area contributed by atoms with Gasteiger partial charge in [0.2, 0.25) is 0 Å². The molecule has 9 aromatic carbocycles. The topological polar surface area (TPSA) is 636 Å². The number of aryl methyl sites for hydroxylation is 3. The number of benzene rings is 9. The van der Waals surface area contributed by atoms with E-state index in [-0.39, 0.29) is 38.5 Å². The number of nitrogens with zero attached hydrogens (tertiary/aromatic N) is 4. The highest BCUT2D eigenvalue weighted by Crippen LogP contribution is 2.26. The molecule has 766 valence electrons. The zero-order valence-corrected chi connectivity index (χ0v) is 83.6. The molecular formula is C108H110N4O28S6. The quantitative estimate of drug-likeness (QED) is 0.0194. The molecule has 0 bridgehead atoms. The second kappa shape index (κ2) is 68.4. The van der Waals surface area contributed by atoms with Crippen LogP contribution in [-0.4, -0.2) is 205 Å². The highest BCUT2D eigenvalue weighted by atomic mass is 32.1. The van der Waals surface area contributed by atoms with Crippen LogP contribution in [-0.2, 0) is 96.1 Å². The molecule has 0 spiro atoms. The lowest BCUT2D eigenvalue weighted by atomic mass is 10.00. The summed E-state index contributed by atoms with van der Waals surface area (Å²) >= 11 is 8.39. The third kappa shape index (κ3) is 49.0. The van der Waals surface area contributed by atoms with Crippen molar-refractivity contribution in [3.63, 3.8) is 0 Å². The van der Waals surface area contributed by atoms with Crippen molar-refractivity contribution in [2.45, 2.75) is 152 Å². The maximum absolute atomic E-state index is 10.6. The van der Waals surface area contributed by atoms with Gasteiger partial charge in [-0.05, 0) is 188 Å². The summed E-state index contributed by atoms with van der Waals surface area (Å²) in [5.74, 6) is -9.49. The van der Waals surface area contributed by atoms with E-state index in [2.05, 4.69) is 0 Å². The highest BCUT2D eigenvalue weighted by Gasteiger charge is 2.22. The summed E-state index contributed by atoms with van der Waals surface area (Å²) < 4.78 is 0. The summed E-state index contributed by atoms with van der Waals surface area (Å²) in [4.78, 5) is 84.2. The molecule has 12 atom stereocenters. The molecule has 0 radical (unpaired) electrons. The van der Waals surface area contributed by atoms with E-state index >= 15 is 0 Å². The summed E-state index contributed by atoms with van der Waals surface area (Å²) in [7, 11) is 0. The molecule has 0 saturated carbocycles. The van der Waals surface area contributed by atoms with Crippen molar-refractivity contribution in [1.29, 1.82) is 21.0 Å². The molecule has 6 aromatic heterocycles. The van der Waals surface area contributed by atoms with Crippen LogP contribution in [0.1, 0.15) is 99.7 Å². The standard InChI is InChI=1S/C13H11NO.2C13H12O3.C10H11NO.2C10H12O3.C7H7NOS.2C7H8O3S.C6H5NOS.2C6H6O3S/c14-9-12(15)8-11-6-3-5-10-4-1-2-7-13(10)11;2*14-12(13(15)16)8-10-6-3-5-9-4-1-2-7-11(9)10;1-8-3-2-4-9(5-8)6-10(12)7-11;2*1-7-3-2-4-8(5-7)6-9(11)10(12)13;8-4-7(9)3-6-1-2-10-5-6;2*8-6(7(9)10)3-5-1-2-11-4-5;7-4-5(8)6-2-1-3-9-6;2*7-5(6(8)9)4-2-1-3-10-4/h1-7,12,15H,8H2;2*1-7,12,14H,8H2,(H,15,16);2-5,10,12H,6H2,1H3;2*2-5,9,11H,6H2,1H3,(H,12,13);1-2,5,7,9H,3H2;2*1-2,4,6,8H,3H2,(H,9,10);1-3,5,8H;2*1-3,5,7H,(H,8,9)/t;2*12-;;2*9-;;2*6-;;2*5-/m.10.10.10.10/s1. The predicted molar refractivity (Wildman–Crippen MR) is 557 cm³/mol. The fraction of sp³-hybridized carbons (Fsp3) is 0.222. The minimum Gasteiger partial charge on any atom is -0.479 e. The third-order valence-electron chi connectivity index (χ3n) is 19.6. The van der Waals surface area contributed by atoms with Crippen molar-refractivity contribution < 1.29 is 140 Å². The van der Waals surface area contributed by atoms with Crippen molar-refractivity contribution in [3.05, 3.63) is 385 Å². The number of rotatable bonds is 29. The molecule has 0 aliphatic heterocycles. The number of hydrogen-bond donors (Lipinski definition) is 20. The minimum atomic E-state index is -1.36. The average Bonchev–Trinajstić information content (AvgIpc) is 1.44. The van der Waals surface area contributed by atoms with Crippen LogP contribution in [0.3, 0.4) is 0 Å². The second-order valence-electron chi connectivity index (χ2n) is 31.2. The summed E-state index contributed by atoms with van der Waals surface area (Å²) in [5, 5.41) is 232. The van der Waals surface area contributed by atoms with E-state index in [4.69, 9.17) is 108 Å². The Morgan fingerprint density at radius 3 is 0.753 bits per heavy atom. The molecule has 0 saturated heterocycles. The van der Waals surface area contributed by atoms with Crippen LogP contribution in [0.5, 0.6) is 0 Å². The van der Waals surface area contributed by atoms with Gasteiger partial charge in [0.1, 0.15) is 18.3 Å². The van der Waals surface area contributed by atoms with E-state index in [0.29, 0.717) is 33.9 Å². The van der Waals surface area contributed by atoms with E-state index in [1.807, 2.05) is 259 Å². The number of carboxylic acid groups (broad SMARTS) is 8. The van der Waals surface area contributed by atoms with E-state index in [9.17, 15) is 53.7 Å². The van der Waals surface area contributed by atoms with Gasteiger partial charge in [0, 0.05) is 72.4 Å². The highest BCUT2D eigenvalue weighted by molar-refractivity contribution is 7.10. The van der Waals surface area contributed by atoms with Crippen molar-refractivity contribution in [3.8, 4) is 24.3 Å². The zero-order chi connectivity index (χ0) is 108. The first kappa shape index (κ1) is 123. The third-order valence-corrected chi connectivity index (χ3v) is 24.6. The van der Waals surface area contributed by atoms with Gasteiger partial charge in [-0.15, -0.1) is 34.0 Å². The first-order valence-corrected chi connectivity index (χ1v) is 49.3. The Bertz CT molecular complexity index is 6320.